The van der Waals surface area contributed by atoms with E-state index in [0.29, 0.717) is 0 Å². The zero-order chi connectivity index (χ0) is 12.0. The fourth-order valence-corrected chi connectivity index (χ4v) is 2.27. The Bertz CT molecular complexity index is 567. The number of aliphatic hydroxyl groups is 1. The molecule has 0 fully saturated rings. The third kappa shape index (κ3) is 1.43. The van der Waals surface area contributed by atoms with Crippen molar-refractivity contribution >= 4 is 11.5 Å². The van der Waals surface area contributed by atoms with Crippen LogP contribution in [0.4, 0.5) is 5.69 Å². The van der Waals surface area contributed by atoms with Gasteiger partial charge in [-0.25, -0.2) is 4.99 Å². The van der Waals surface area contributed by atoms with E-state index in [1.54, 1.807) is 11.8 Å². The number of allylic oxidation sites excluding steroid dienone is 2. The average molecular weight is 226 g/mol. The van der Waals surface area contributed by atoms with Gasteiger partial charge < -0.3 is 10.0 Å². The third-order valence-electron chi connectivity index (χ3n) is 3.21. The molecule has 0 saturated carbocycles. The lowest BCUT2D eigenvalue weighted by atomic mass is 9.97. The highest BCUT2D eigenvalue weighted by atomic mass is 16.3. The summed E-state index contributed by atoms with van der Waals surface area (Å²) < 4.78 is 0. The highest BCUT2D eigenvalue weighted by Gasteiger charge is 2.37. The van der Waals surface area contributed by atoms with Crippen LogP contribution in [0.5, 0.6) is 0 Å². The summed E-state index contributed by atoms with van der Waals surface area (Å²) in [5.74, 6) is 0.786. The number of hydrogen-bond acceptors (Lipinski definition) is 3. The molecule has 3 heteroatoms. The number of fused-ring (bicyclic) bond motifs is 2. The highest BCUT2D eigenvalue weighted by molar-refractivity contribution is 5.99. The molecule has 2 aliphatic rings. The first kappa shape index (κ1) is 10.3. The van der Waals surface area contributed by atoms with Crippen molar-refractivity contribution in [3.8, 4) is 0 Å². The predicted octanol–water partition coefficient (Wildman–Crippen LogP) is 2.67. The maximum absolute atomic E-state index is 10.7. The van der Waals surface area contributed by atoms with E-state index < -0.39 is 5.72 Å². The van der Waals surface area contributed by atoms with Crippen LogP contribution in [-0.2, 0) is 5.72 Å². The molecule has 1 atom stereocenters. The van der Waals surface area contributed by atoms with Crippen molar-refractivity contribution in [1.82, 2.24) is 4.90 Å². The molecule has 2 heterocycles. The second-order valence-electron chi connectivity index (χ2n) is 4.58. The molecule has 0 saturated heterocycles. The van der Waals surface area contributed by atoms with Crippen molar-refractivity contribution in [1.29, 1.82) is 0 Å². The summed E-state index contributed by atoms with van der Waals surface area (Å²) in [7, 11) is 0. The zero-order valence-corrected chi connectivity index (χ0v) is 9.88. The largest absolute Gasteiger partial charge is 0.367 e. The second kappa shape index (κ2) is 3.31. The molecule has 0 bridgehead atoms. The average Bonchev–Trinajstić information content (AvgIpc) is 2.28. The molecule has 0 spiro atoms. The summed E-state index contributed by atoms with van der Waals surface area (Å²) in [5.41, 5.74) is 1.76. The predicted molar refractivity (Wildman–Crippen MR) is 67.8 cm³/mol. The minimum absolute atomic E-state index is 0.786. The molecule has 1 aromatic carbocycles. The smallest absolute Gasteiger partial charge is 0.168 e. The van der Waals surface area contributed by atoms with Gasteiger partial charge in [0, 0.05) is 11.8 Å². The standard InChI is InChI=1S/C14H14N2O/c1-10-7-8-16-13(9-10)15-12-6-4-3-5-11(12)14(16,2)17/h3-9,17H,1-2H3. The van der Waals surface area contributed by atoms with Gasteiger partial charge in [-0.05, 0) is 37.6 Å². The van der Waals surface area contributed by atoms with Crippen LogP contribution in [0.3, 0.4) is 0 Å². The highest BCUT2D eigenvalue weighted by Crippen LogP contribution is 2.39. The zero-order valence-electron chi connectivity index (χ0n) is 9.88. The van der Waals surface area contributed by atoms with Crippen molar-refractivity contribution in [3.05, 3.63) is 53.8 Å². The molecule has 3 nitrogen and oxygen atoms in total. The van der Waals surface area contributed by atoms with Gasteiger partial charge in [0.2, 0.25) is 0 Å². The maximum atomic E-state index is 10.7. The molecule has 17 heavy (non-hydrogen) atoms. The van der Waals surface area contributed by atoms with E-state index >= 15 is 0 Å². The van der Waals surface area contributed by atoms with Crippen LogP contribution in [0.25, 0.3) is 0 Å². The van der Waals surface area contributed by atoms with Gasteiger partial charge >= 0.3 is 0 Å². The molecule has 0 amide bonds. The minimum atomic E-state index is -1.04. The number of nitrogens with zero attached hydrogens (tertiary/aromatic N) is 2. The molecule has 1 unspecified atom stereocenters. The van der Waals surface area contributed by atoms with Crippen molar-refractivity contribution in [2.45, 2.75) is 19.6 Å². The Hall–Kier alpha value is -1.87. The lowest BCUT2D eigenvalue weighted by Gasteiger charge is -2.41. The first-order chi connectivity index (χ1) is 8.09. The van der Waals surface area contributed by atoms with Crippen molar-refractivity contribution in [3.63, 3.8) is 0 Å². The van der Waals surface area contributed by atoms with Gasteiger partial charge in [-0.1, -0.05) is 18.2 Å². The topological polar surface area (TPSA) is 35.8 Å². The van der Waals surface area contributed by atoms with E-state index in [1.807, 2.05) is 49.5 Å². The van der Waals surface area contributed by atoms with Crippen molar-refractivity contribution in [2.75, 3.05) is 0 Å². The van der Waals surface area contributed by atoms with Gasteiger partial charge in [0.1, 0.15) is 5.84 Å². The molecule has 0 aromatic heterocycles. The second-order valence-corrected chi connectivity index (χ2v) is 4.58. The summed E-state index contributed by atoms with van der Waals surface area (Å²) >= 11 is 0. The Balaban J connectivity index is 2.24. The van der Waals surface area contributed by atoms with Crippen molar-refractivity contribution in [2.24, 2.45) is 4.99 Å². The van der Waals surface area contributed by atoms with Gasteiger partial charge in [0.25, 0.3) is 0 Å². The normalized spacial score (nSPS) is 25.9. The molecular formula is C14H14N2O. The Morgan fingerprint density at radius 3 is 2.88 bits per heavy atom. The Labute approximate surface area is 100 Å². The summed E-state index contributed by atoms with van der Waals surface area (Å²) in [6, 6.07) is 7.69. The number of amidine groups is 1. The van der Waals surface area contributed by atoms with Gasteiger partial charge in [0.15, 0.2) is 5.72 Å². The maximum Gasteiger partial charge on any atom is 0.168 e. The SMILES string of the molecule is CC1=CC2=Nc3ccccc3C(C)(O)N2C=C1. The molecule has 0 aliphatic carbocycles. The first-order valence-electron chi connectivity index (χ1n) is 5.65. The summed E-state index contributed by atoms with van der Waals surface area (Å²) in [4.78, 5) is 6.36. The quantitative estimate of drug-likeness (QED) is 0.738. The summed E-state index contributed by atoms with van der Waals surface area (Å²) in [5, 5.41) is 10.7. The molecule has 2 aliphatic heterocycles. The fourth-order valence-electron chi connectivity index (χ4n) is 2.27. The van der Waals surface area contributed by atoms with Gasteiger partial charge in [-0.3, -0.25) is 0 Å². The lowest BCUT2D eigenvalue weighted by Crippen LogP contribution is -2.46. The number of aliphatic imine (C=N–C) groups is 1. The van der Waals surface area contributed by atoms with Crippen LogP contribution in [-0.4, -0.2) is 15.8 Å². The summed E-state index contributed by atoms with van der Waals surface area (Å²) in [6.07, 6.45) is 5.83. The molecular weight excluding hydrogens is 212 g/mol. The lowest BCUT2D eigenvalue weighted by molar-refractivity contribution is -0.0369. The first-order valence-corrected chi connectivity index (χ1v) is 5.65. The van der Waals surface area contributed by atoms with Crippen LogP contribution >= 0.6 is 0 Å². The Morgan fingerprint density at radius 1 is 1.29 bits per heavy atom. The van der Waals surface area contributed by atoms with Gasteiger partial charge in [-0.15, -0.1) is 0 Å². The molecule has 3 rings (SSSR count). The van der Waals surface area contributed by atoms with E-state index in [9.17, 15) is 5.11 Å². The van der Waals surface area contributed by atoms with Gasteiger partial charge in [0.05, 0.1) is 5.69 Å². The molecule has 1 N–H and O–H groups in total. The minimum Gasteiger partial charge on any atom is -0.367 e. The van der Waals surface area contributed by atoms with E-state index in [4.69, 9.17) is 0 Å². The number of hydrogen-bond donors (Lipinski definition) is 1. The molecule has 0 radical (unpaired) electrons. The van der Waals surface area contributed by atoms with Crippen LogP contribution < -0.4 is 0 Å². The monoisotopic (exact) mass is 226 g/mol. The van der Waals surface area contributed by atoms with Crippen molar-refractivity contribution < 1.29 is 5.11 Å². The molecule has 1 aromatic rings. The van der Waals surface area contributed by atoms with Crippen LogP contribution in [0, 0.1) is 0 Å². The van der Waals surface area contributed by atoms with E-state index in [-0.39, 0.29) is 0 Å². The Morgan fingerprint density at radius 2 is 2.06 bits per heavy atom. The summed E-state index contributed by atoms with van der Waals surface area (Å²) in [6.45, 7) is 3.81. The van der Waals surface area contributed by atoms with Gasteiger partial charge in [-0.2, -0.15) is 0 Å². The van der Waals surface area contributed by atoms with E-state index in [1.165, 1.54) is 0 Å². The van der Waals surface area contributed by atoms with E-state index in [0.717, 1.165) is 22.7 Å². The number of benzene rings is 1. The van der Waals surface area contributed by atoms with Crippen LogP contribution in [0.1, 0.15) is 19.4 Å². The number of para-hydroxylation sites is 1. The molecule has 86 valence electrons. The van der Waals surface area contributed by atoms with Crippen LogP contribution in [0.15, 0.2) is 53.2 Å². The third-order valence-corrected chi connectivity index (χ3v) is 3.21. The van der Waals surface area contributed by atoms with E-state index in [2.05, 4.69) is 4.99 Å². The van der Waals surface area contributed by atoms with Crippen LogP contribution in [0.2, 0.25) is 0 Å². The number of rotatable bonds is 0. The fraction of sp³-hybridized carbons (Fsp3) is 0.214. The Kier molecular flexibility index (Phi) is 2.00.